The monoisotopic (exact) mass is 249 g/mol. The summed E-state index contributed by atoms with van der Waals surface area (Å²) in [5.41, 5.74) is 1.25. The molecule has 0 aromatic heterocycles. The van der Waals surface area contributed by atoms with Crippen molar-refractivity contribution < 1.29 is 4.39 Å². The molecule has 0 aliphatic heterocycles. The first kappa shape index (κ1) is 13.5. The maximum Gasteiger partial charge on any atom is 0.127 e. The van der Waals surface area contributed by atoms with Crippen molar-refractivity contribution in [1.29, 1.82) is 0 Å². The fourth-order valence-electron chi connectivity index (χ4n) is 3.05. The summed E-state index contributed by atoms with van der Waals surface area (Å²) in [6.45, 7) is 6.75. The fraction of sp³-hybridized carbons (Fsp3) is 0.625. The second-order valence-electron chi connectivity index (χ2n) is 6.25. The Kier molecular flexibility index (Phi) is 4.06. The Morgan fingerprint density at radius 2 is 2.11 bits per heavy atom. The molecule has 1 fully saturated rings. The summed E-state index contributed by atoms with van der Waals surface area (Å²) >= 11 is 0. The number of nitrogens with one attached hydrogen (secondary N) is 1. The van der Waals surface area contributed by atoms with E-state index >= 15 is 0 Å². The largest absolute Gasteiger partial charge is 0.307 e. The van der Waals surface area contributed by atoms with Gasteiger partial charge < -0.3 is 5.32 Å². The Balaban J connectivity index is 2.05. The van der Waals surface area contributed by atoms with Gasteiger partial charge in [-0.25, -0.2) is 4.39 Å². The molecule has 0 saturated heterocycles. The van der Waals surface area contributed by atoms with Gasteiger partial charge in [-0.05, 0) is 37.2 Å². The molecule has 1 aliphatic rings. The van der Waals surface area contributed by atoms with Gasteiger partial charge in [0.1, 0.15) is 5.82 Å². The zero-order valence-corrected chi connectivity index (χ0v) is 11.7. The third-order valence-corrected chi connectivity index (χ3v) is 4.09. The molecule has 0 bridgehead atoms. The molecule has 0 amide bonds. The summed E-state index contributed by atoms with van der Waals surface area (Å²) in [6, 6.07) is 7.80. The van der Waals surface area contributed by atoms with Crippen LogP contribution in [0.25, 0.3) is 0 Å². The molecule has 1 saturated carbocycles. The number of halogens is 1. The van der Waals surface area contributed by atoms with Crippen molar-refractivity contribution in [2.75, 3.05) is 0 Å². The average molecular weight is 249 g/mol. The van der Waals surface area contributed by atoms with Crippen molar-refractivity contribution in [3.8, 4) is 0 Å². The first-order chi connectivity index (χ1) is 8.52. The molecular weight excluding hydrogens is 225 g/mol. The van der Waals surface area contributed by atoms with E-state index in [1.807, 2.05) is 12.1 Å². The molecule has 1 N–H and O–H groups in total. The Hall–Kier alpha value is -0.890. The number of hydrogen-bond donors (Lipinski definition) is 1. The Morgan fingerprint density at radius 3 is 2.67 bits per heavy atom. The van der Waals surface area contributed by atoms with Crippen LogP contribution in [-0.2, 0) is 0 Å². The van der Waals surface area contributed by atoms with Crippen molar-refractivity contribution in [2.24, 2.45) is 5.41 Å². The summed E-state index contributed by atoms with van der Waals surface area (Å²) in [5.74, 6) is -0.0888. The maximum atomic E-state index is 13.8. The van der Waals surface area contributed by atoms with Crippen LogP contribution in [0.4, 0.5) is 4.39 Å². The van der Waals surface area contributed by atoms with Crippen molar-refractivity contribution in [2.45, 2.75) is 58.5 Å². The van der Waals surface area contributed by atoms with Gasteiger partial charge in [-0.3, -0.25) is 0 Å². The highest BCUT2D eigenvalue weighted by Crippen LogP contribution is 2.38. The van der Waals surface area contributed by atoms with E-state index in [4.69, 9.17) is 0 Å². The van der Waals surface area contributed by atoms with Crippen LogP contribution in [0, 0.1) is 11.2 Å². The summed E-state index contributed by atoms with van der Waals surface area (Å²) in [5, 5.41) is 3.64. The normalized spacial score (nSPS) is 24.1. The van der Waals surface area contributed by atoms with Crippen LogP contribution >= 0.6 is 0 Å². The lowest BCUT2D eigenvalue weighted by Gasteiger charge is -2.24. The van der Waals surface area contributed by atoms with Gasteiger partial charge in [0, 0.05) is 17.6 Å². The molecule has 1 aromatic carbocycles. The third kappa shape index (κ3) is 3.11. The van der Waals surface area contributed by atoms with Crippen LogP contribution in [0.15, 0.2) is 24.3 Å². The Labute approximate surface area is 110 Å². The fourth-order valence-corrected chi connectivity index (χ4v) is 3.05. The third-order valence-electron chi connectivity index (χ3n) is 4.09. The van der Waals surface area contributed by atoms with Crippen LogP contribution in [-0.4, -0.2) is 6.04 Å². The average Bonchev–Trinajstić information content (AvgIpc) is 2.67. The van der Waals surface area contributed by atoms with Gasteiger partial charge in [-0.15, -0.1) is 0 Å². The molecule has 1 aromatic rings. The maximum absolute atomic E-state index is 13.8. The van der Waals surface area contributed by atoms with E-state index in [1.54, 1.807) is 12.1 Å². The number of rotatable bonds is 4. The Morgan fingerprint density at radius 1 is 1.39 bits per heavy atom. The highest BCUT2D eigenvalue weighted by atomic mass is 19.1. The highest BCUT2D eigenvalue weighted by Gasteiger charge is 2.32. The SMILES string of the molecule is CCC(NC1CCC(C)(C)C1)c1ccccc1F. The topological polar surface area (TPSA) is 12.0 Å². The molecule has 0 heterocycles. The van der Waals surface area contributed by atoms with Crippen molar-refractivity contribution in [1.82, 2.24) is 5.32 Å². The lowest BCUT2D eigenvalue weighted by atomic mass is 9.91. The van der Waals surface area contributed by atoms with Crippen LogP contribution in [0.2, 0.25) is 0 Å². The summed E-state index contributed by atoms with van der Waals surface area (Å²) in [7, 11) is 0. The highest BCUT2D eigenvalue weighted by molar-refractivity contribution is 5.21. The quantitative estimate of drug-likeness (QED) is 0.831. The first-order valence-corrected chi connectivity index (χ1v) is 7.02. The minimum Gasteiger partial charge on any atom is -0.307 e. The summed E-state index contributed by atoms with van der Waals surface area (Å²) in [4.78, 5) is 0. The van der Waals surface area contributed by atoms with Gasteiger partial charge in [0.25, 0.3) is 0 Å². The smallest absolute Gasteiger partial charge is 0.127 e. The van der Waals surface area contributed by atoms with E-state index in [-0.39, 0.29) is 11.9 Å². The van der Waals surface area contributed by atoms with Crippen molar-refractivity contribution in [3.63, 3.8) is 0 Å². The zero-order chi connectivity index (χ0) is 13.2. The molecule has 2 unspecified atom stereocenters. The second-order valence-corrected chi connectivity index (χ2v) is 6.25. The first-order valence-electron chi connectivity index (χ1n) is 7.02. The van der Waals surface area contributed by atoms with Gasteiger partial charge in [0.15, 0.2) is 0 Å². The van der Waals surface area contributed by atoms with E-state index in [0.29, 0.717) is 11.5 Å². The van der Waals surface area contributed by atoms with Crippen LogP contribution in [0.5, 0.6) is 0 Å². The minimum absolute atomic E-state index is 0.0888. The standard InChI is InChI=1S/C16H24FN/c1-4-15(13-7-5-6-8-14(13)17)18-12-9-10-16(2,3)11-12/h5-8,12,15,18H,4,9-11H2,1-3H3. The predicted octanol–water partition coefficient (Wildman–Crippen LogP) is 4.45. The molecule has 100 valence electrons. The minimum atomic E-state index is -0.0888. The Bertz CT molecular complexity index is 400. The van der Waals surface area contributed by atoms with Crippen LogP contribution in [0.1, 0.15) is 58.1 Å². The number of benzene rings is 1. The van der Waals surface area contributed by atoms with Gasteiger partial charge >= 0.3 is 0 Å². The van der Waals surface area contributed by atoms with Gasteiger partial charge in [0.2, 0.25) is 0 Å². The lowest BCUT2D eigenvalue weighted by molar-refractivity contribution is 0.348. The molecule has 0 radical (unpaired) electrons. The van der Waals surface area contributed by atoms with E-state index in [1.165, 1.54) is 19.3 Å². The predicted molar refractivity (Wildman–Crippen MR) is 74.0 cm³/mol. The number of hydrogen-bond acceptors (Lipinski definition) is 1. The zero-order valence-electron chi connectivity index (χ0n) is 11.7. The molecule has 0 spiro atoms. The molecule has 1 nitrogen and oxygen atoms in total. The second kappa shape index (κ2) is 5.40. The van der Waals surface area contributed by atoms with Gasteiger partial charge in [-0.2, -0.15) is 0 Å². The molecule has 1 aliphatic carbocycles. The van der Waals surface area contributed by atoms with E-state index in [0.717, 1.165) is 12.0 Å². The molecule has 2 heteroatoms. The van der Waals surface area contributed by atoms with Crippen molar-refractivity contribution >= 4 is 0 Å². The van der Waals surface area contributed by atoms with Gasteiger partial charge in [0.05, 0.1) is 0 Å². The summed E-state index contributed by atoms with van der Waals surface area (Å²) in [6.07, 6.45) is 4.59. The van der Waals surface area contributed by atoms with E-state index in [2.05, 4.69) is 26.1 Å². The lowest BCUT2D eigenvalue weighted by Crippen LogP contribution is -2.31. The summed E-state index contributed by atoms with van der Waals surface area (Å²) < 4.78 is 13.8. The molecule has 2 rings (SSSR count). The van der Waals surface area contributed by atoms with Gasteiger partial charge in [-0.1, -0.05) is 39.0 Å². The van der Waals surface area contributed by atoms with E-state index < -0.39 is 0 Å². The molecular formula is C16H24FN. The van der Waals surface area contributed by atoms with Crippen molar-refractivity contribution in [3.05, 3.63) is 35.6 Å². The van der Waals surface area contributed by atoms with Crippen LogP contribution in [0.3, 0.4) is 0 Å². The van der Waals surface area contributed by atoms with Crippen LogP contribution < -0.4 is 5.32 Å². The van der Waals surface area contributed by atoms with E-state index in [9.17, 15) is 4.39 Å². The molecule has 2 atom stereocenters. The molecule has 18 heavy (non-hydrogen) atoms.